The van der Waals surface area contributed by atoms with Crippen LogP contribution in [0.2, 0.25) is 0 Å². The Morgan fingerprint density at radius 2 is 2.05 bits per heavy atom. The minimum absolute atomic E-state index is 0.0722. The zero-order valence-corrected chi connectivity index (χ0v) is 12.6. The van der Waals surface area contributed by atoms with E-state index in [0.717, 1.165) is 23.8 Å². The molecule has 0 aromatic carbocycles. The van der Waals surface area contributed by atoms with Crippen LogP contribution in [0.3, 0.4) is 0 Å². The van der Waals surface area contributed by atoms with Crippen LogP contribution in [0.15, 0.2) is 24.7 Å². The summed E-state index contributed by atoms with van der Waals surface area (Å²) in [7, 11) is 0. The number of aryl methyl sites for hydroxylation is 1. The topological polar surface area (TPSA) is 75.4 Å². The molecule has 21 heavy (non-hydrogen) atoms. The van der Waals surface area contributed by atoms with Crippen LogP contribution >= 0.6 is 11.3 Å². The van der Waals surface area contributed by atoms with Crippen LogP contribution in [0.4, 0.5) is 11.4 Å². The maximum atomic E-state index is 12.4. The number of hydrogen-bond acceptors (Lipinski definition) is 6. The number of carbonyl (C=O) groups excluding carboxylic acids is 1. The number of hydrogen-bond donors (Lipinski definition) is 1. The molecule has 1 aliphatic heterocycles. The summed E-state index contributed by atoms with van der Waals surface area (Å²) in [6, 6.07) is 1.92. The predicted octanol–water partition coefficient (Wildman–Crippen LogP) is 1.39. The molecule has 2 aromatic rings. The van der Waals surface area contributed by atoms with Crippen molar-refractivity contribution in [2.45, 2.75) is 6.92 Å². The van der Waals surface area contributed by atoms with E-state index in [1.54, 1.807) is 18.6 Å². The second kappa shape index (κ2) is 5.69. The van der Waals surface area contributed by atoms with Crippen molar-refractivity contribution >= 4 is 28.6 Å². The van der Waals surface area contributed by atoms with Crippen LogP contribution in [0.5, 0.6) is 0 Å². The van der Waals surface area contributed by atoms with E-state index in [1.165, 1.54) is 11.3 Å². The first-order valence-corrected chi connectivity index (χ1v) is 7.63. The third kappa shape index (κ3) is 2.82. The lowest BCUT2D eigenvalue weighted by atomic mass is 10.2. The molecule has 2 aromatic heterocycles. The van der Waals surface area contributed by atoms with Gasteiger partial charge in [0, 0.05) is 32.4 Å². The van der Waals surface area contributed by atoms with E-state index < -0.39 is 0 Å². The predicted molar refractivity (Wildman–Crippen MR) is 83.6 cm³/mol. The Balaban J connectivity index is 1.65. The number of piperazine rings is 1. The quantitative estimate of drug-likeness (QED) is 0.907. The number of nitrogen functional groups attached to an aromatic ring is 1. The normalized spacial score (nSPS) is 15.3. The highest BCUT2D eigenvalue weighted by Gasteiger charge is 2.24. The van der Waals surface area contributed by atoms with Crippen molar-refractivity contribution in [2.75, 3.05) is 36.8 Å². The van der Waals surface area contributed by atoms with Crippen LogP contribution in [0, 0.1) is 6.92 Å². The van der Waals surface area contributed by atoms with E-state index in [0.29, 0.717) is 23.7 Å². The minimum Gasteiger partial charge on any atom is -0.396 e. The maximum absolute atomic E-state index is 12.4. The molecule has 1 fully saturated rings. The molecule has 1 aliphatic rings. The molecular formula is C14H17N5OS. The summed E-state index contributed by atoms with van der Waals surface area (Å²) in [5.41, 5.74) is 7.62. The number of nitrogens with two attached hydrogens (primary N) is 1. The molecule has 0 spiro atoms. The van der Waals surface area contributed by atoms with Gasteiger partial charge in [0.25, 0.3) is 5.91 Å². The maximum Gasteiger partial charge on any atom is 0.265 e. The smallest absolute Gasteiger partial charge is 0.265 e. The number of rotatable bonds is 2. The van der Waals surface area contributed by atoms with Crippen molar-refractivity contribution in [3.8, 4) is 0 Å². The highest BCUT2D eigenvalue weighted by Crippen LogP contribution is 2.23. The fourth-order valence-corrected chi connectivity index (χ4v) is 3.20. The summed E-state index contributed by atoms with van der Waals surface area (Å²) in [6.45, 7) is 4.84. The van der Waals surface area contributed by atoms with E-state index in [1.807, 2.05) is 17.9 Å². The van der Waals surface area contributed by atoms with Crippen LogP contribution in [-0.2, 0) is 0 Å². The summed E-state index contributed by atoms with van der Waals surface area (Å²) in [4.78, 5) is 25.3. The van der Waals surface area contributed by atoms with Crippen molar-refractivity contribution in [3.05, 3.63) is 34.5 Å². The lowest BCUT2D eigenvalue weighted by molar-refractivity contribution is 0.0751. The van der Waals surface area contributed by atoms with E-state index in [4.69, 9.17) is 5.73 Å². The summed E-state index contributed by atoms with van der Waals surface area (Å²) in [5, 5.41) is 0.918. The molecule has 0 saturated carbocycles. The Bertz CT molecular complexity index is 648. The fraction of sp³-hybridized carbons (Fsp3) is 0.357. The number of amides is 1. The Kier molecular flexibility index (Phi) is 3.74. The highest BCUT2D eigenvalue weighted by atomic mass is 32.1. The zero-order chi connectivity index (χ0) is 14.8. The standard InChI is InChI=1S/C14H17N5OS/c1-10-17-9-13(21-10)14(20)19-6-4-18(5-7-19)12-2-3-16-8-11(12)15/h2-3,8-9H,4-7,15H2,1H3. The Hall–Kier alpha value is -2.15. The number of nitrogens with zero attached hydrogens (tertiary/aromatic N) is 4. The summed E-state index contributed by atoms with van der Waals surface area (Å²) >= 11 is 1.44. The fourth-order valence-electron chi connectivity index (χ4n) is 2.45. The van der Waals surface area contributed by atoms with Gasteiger partial charge in [0.15, 0.2) is 0 Å². The van der Waals surface area contributed by atoms with Crippen molar-refractivity contribution in [2.24, 2.45) is 0 Å². The van der Waals surface area contributed by atoms with Gasteiger partial charge in [-0.05, 0) is 13.0 Å². The Labute approximate surface area is 127 Å². The lowest BCUT2D eigenvalue weighted by Crippen LogP contribution is -2.48. The average molecular weight is 303 g/mol. The van der Waals surface area contributed by atoms with Gasteiger partial charge in [-0.15, -0.1) is 11.3 Å². The van der Waals surface area contributed by atoms with Gasteiger partial charge in [-0.1, -0.05) is 0 Å². The zero-order valence-electron chi connectivity index (χ0n) is 11.8. The summed E-state index contributed by atoms with van der Waals surface area (Å²) in [6.07, 6.45) is 5.06. The van der Waals surface area contributed by atoms with Gasteiger partial charge in [-0.25, -0.2) is 4.98 Å². The molecule has 0 aliphatic carbocycles. The average Bonchev–Trinajstić information content (AvgIpc) is 2.94. The summed E-state index contributed by atoms with van der Waals surface area (Å²) in [5.74, 6) is 0.0722. The molecule has 3 rings (SSSR count). The number of aromatic nitrogens is 2. The van der Waals surface area contributed by atoms with E-state index >= 15 is 0 Å². The summed E-state index contributed by atoms with van der Waals surface area (Å²) < 4.78 is 0. The molecule has 0 radical (unpaired) electrons. The number of anilines is 2. The van der Waals surface area contributed by atoms with E-state index in [9.17, 15) is 4.79 Å². The molecule has 2 N–H and O–H groups in total. The minimum atomic E-state index is 0.0722. The number of thiazole rings is 1. The van der Waals surface area contributed by atoms with Gasteiger partial charge in [-0.3, -0.25) is 9.78 Å². The molecule has 7 heteroatoms. The molecule has 6 nitrogen and oxygen atoms in total. The van der Waals surface area contributed by atoms with Gasteiger partial charge < -0.3 is 15.5 Å². The first-order valence-electron chi connectivity index (χ1n) is 6.81. The van der Waals surface area contributed by atoms with Gasteiger partial charge in [0.2, 0.25) is 0 Å². The van der Waals surface area contributed by atoms with Crippen molar-refractivity contribution in [1.82, 2.24) is 14.9 Å². The third-order valence-electron chi connectivity index (χ3n) is 3.57. The Morgan fingerprint density at radius 3 is 2.67 bits per heavy atom. The number of pyridine rings is 1. The Morgan fingerprint density at radius 1 is 1.29 bits per heavy atom. The second-order valence-electron chi connectivity index (χ2n) is 4.96. The first kappa shape index (κ1) is 13.8. The van der Waals surface area contributed by atoms with Gasteiger partial charge in [0.1, 0.15) is 4.88 Å². The van der Waals surface area contributed by atoms with Crippen LogP contribution in [0.1, 0.15) is 14.7 Å². The van der Waals surface area contributed by atoms with Crippen LogP contribution in [0.25, 0.3) is 0 Å². The molecule has 0 atom stereocenters. The van der Waals surface area contributed by atoms with Crippen LogP contribution in [-0.4, -0.2) is 47.0 Å². The first-order chi connectivity index (χ1) is 10.1. The van der Waals surface area contributed by atoms with Crippen molar-refractivity contribution in [1.29, 1.82) is 0 Å². The van der Waals surface area contributed by atoms with Gasteiger partial charge in [0.05, 0.1) is 28.8 Å². The van der Waals surface area contributed by atoms with Gasteiger partial charge in [-0.2, -0.15) is 0 Å². The molecular weight excluding hydrogens is 286 g/mol. The largest absolute Gasteiger partial charge is 0.396 e. The molecule has 0 bridgehead atoms. The molecule has 0 unspecified atom stereocenters. The third-order valence-corrected chi connectivity index (χ3v) is 4.47. The van der Waals surface area contributed by atoms with Crippen molar-refractivity contribution in [3.63, 3.8) is 0 Å². The van der Waals surface area contributed by atoms with Crippen molar-refractivity contribution < 1.29 is 4.79 Å². The van der Waals surface area contributed by atoms with Gasteiger partial charge >= 0.3 is 0 Å². The van der Waals surface area contributed by atoms with E-state index in [-0.39, 0.29) is 5.91 Å². The molecule has 1 amide bonds. The van der Waals surface area contributed by atoms with Crippen LogP contribution < -0.4 is 10.6 Å². The molecule has 3 heterocycles. The van der Waals surface area contributed by atoms with E-state index in [2.05, 4.69) is 14.9 Å². The highest BCUT2D eigenvalue weighted by molar-refractivity contribution is 7.13. The SMILES string of the molecule is Cc1ncc(C(=O)N2CCN(c3ccncc3N)CC2)s1. The second-order valence-corrected chi connectivity index (χ2v) is 6.19. The number of carbonyl (C=O) groups is 1. The molecule has 110 valence electrons. The molecule has 1 saturated heterocycles. The lowest BCUT2D eigenvalue weighted by Gasteiger charge is -2.36. The monoisotopic (exact) mass is 303 g/mol.